The predicted molar refractivity (Wildman–Crippen MR) is 77.3 cm³/mol. The Kier molecular flexibility index (Phi) is 4.70. The van der Waals surface area contributed by atoms with Crippen molar-refractivity contribution in [1.29, 1.82) is 5.41 Å². The van der Waals surface area contributed by atoms with Gasteiger partial charge in [-0.15, -0.1) is 0 Å². The lowest BCUT2D eigenvalue weighted by molar-refractivity contribution is -0.137. The van der Waals surface area contributed by atoms with Crippen molar-refractivity contribution in [3.05, 3.63) is 29.1 Å². The Hall–Kier alpha value is -1.84. The minimum Gasteiger partial charge on any atom is -0.462 e. The number of aromatic nitrogens is 1. The molecule has 0 bridgehead atoms. The fourth-order valence-corrected chi connectivity index (χ4v) is 2.04. The average Bonchev–Trinajstić information content (AvgIpc) is 2.70. The molecule has 0 saturated heterocycles. The van der Waals surface area contributed by atoms with E-state index in [-0.39, 0.29) is 5.41 Å². The quantitative estimate of drug-likeness (QED) is 0.496. The van der Waals surface area contributed by atoms with Crippen molar-refractivity contribution in [1.82, 2.24) is 4.98 Å². The van der Waals surface area contributed by atoms with E-state index in [9.17, 15) is 4.79 Å². The van der Waals surface area contributed by atoms with Crippen LogP contribution in [0.2, 0.25) is 0 Å². The first-order valence-corrected chi connectivity index (χ1v) is 6.39. The van der Waals surface area contributed by atoms with Crippen molar-refractivity contribution in [3.8, 4) is 0 Å². The summed E-state index contributed by atoms with van der Waals surface area (Å²) in [6.45, 7) is 10.1. The van der Waals surface area contributed by atoms with Crippen molar-refractivity contribution >= 4 is 17.8 Å². The SMILES string of the molecule is CCOC(=O)/C(C=N)=C(/c1cc(C)c[nH]1)C(C)(C)C. The Morgan fingerprint density at radius 3 is 2.47 bits per heavy atom. The van der Waals surface area contributed by atoms with Gasteiger partial charge >= 0.3 is 5.97 Å². The summed E-state index contributed by atoms with van der Waals surface area (Å²) >= 11 is 0. The molecule has 1 aromatic heterocycles. The number of nitrogens with one attached hydrogen (secondary N) is 2. The van der Waals surface area contributed by atoms with E-state index in [0.717, 1.165) is 23.0 Å². The minimum absolute atomic E-state index is 0.267. The average molecular weight is 262 g/mol. The molecule has 2 N–H and O–H groups in total. The van der Waals surface area contributed by atoms with Gasteiger partial charge in [-0.2, -0.15) is 0 Å². The Morgan fingerprint density at radius 1 is 1.47 bits per heavy atom. The van der Waals surface area contributed by atoms with Crippen LogP contribution in [0, 0.1) is 17.7 Å². The van der Waals surface area contributed by atoms with E-state index in [1.807, 2.05) is 40.0 Å². The van der Waals surface area contributed by atoms with Crippen LogP contribution in [-0.4, -0.2) is 23.8 Å². The van der Waals surface area contributed by atoms with E-state index in [4.69, 9.17) is 10.1 Å². The highest BCUT2D eigenvalue weighted by Gasteiger charge is 2.27. The summed E-state index contributed by atoms with van der Waals surface area (Å²) in [5.41, 5.74) is 2.78. The lowest BCUT2D eigenvalue weighted by Gasteiger charge is -2.24. The summed E-state index contributed by atoms with van der Waals surface area (Å²) in [6.07, 6.45) is 2.96. The van der Waals surface area contributed by atoms with Gasteiger partial charge < -0.3 is 15.1 Å². The normalized spacial score (nSPS) is 12.9. The Balaban J connectivity index is 3.44. The molecule has 0 amide bonds. The van der Waals surface area contributed by atoms with E-state index >= 15 is 0 Å². The van der Waals surface area contributed by atoms with E-state index in [1.54, 1.807) is 6.92 Å². The number of aromatic amines is 1. The second kappa shape index (κ2) is 5.87. The molecule has 0 aliphatic heterocycles. The molecular formula is C15H22N2O2. The molecule has 104 valence electrons. The third-order valence-electron chi connectivity index (χ3n) is 2.76. The van der Waals surface area contributed by atoms with Gasteiger partial charge in [-0.05, 0) is 36.5 Å². The summed E-state index contributed by atoms with van der Waals surface area (Å²) in [4.78, 5) is 15.2. The van der Waals surface area contributed by atoms with Gasteiger partial charge in [-0.3, -0.25) is 0 Å². The molecule has 0 spiro atoms. The van der Waals surface area contributed by atoms with Crippen LogP contribution >= 0.6 is 0 Å². The maximum absolute atomic E-state index is 12.0. The van der Waals surface area contributed by atoms with Gasteiger partial charge in [-0.1, -0.05) is 20.8 Å². The first-order chi connectivity index (χ1) is 8.81. The molecule has 0 radical (unpaired) electrons. The van der Waals surface area contributed by atoms with E-state index < -0.39 is 5.97 Å². The molecule has 0 aromatic carbocycles. The number of carbonyl (C=O) groups is 1. The minimum atomic E-state index is -0.449. The summed E-state index contributed by atoms with van der Waals surface area (Å²) in [5.74, 6) is -0.449. The smallest absolute Gasteiger partial charge is 0.340 e. The molecule has 0 saturated carbocycles. The molecule has 1 rings (SSSR count). The molecule has 0 fully saturated rings. The summed E-state index contributed by atoms with van der Waals surface area (Å²) in [5, 5.41) is 7.54. The monoisotopic (exact) mass is 262 g/mol. The van der Waals surface area contributed by atoms with Crippen LogP contribution < -0.4 is 0 Å². The molecule has 1 aromatic rings. The first-order valence-electron chi connectivity index (χ1n) is 6.39. The topological polar surface area (TPSA) is 65.9 Å². The van der Waals surface area contributed by atoms with Gasteiger partial charge in [-0.25, -0.2) is 4.79 Å². The summed E-state index contributed by atoms with van der Waals surface area (Å²) in [6, 6.07) is 1.98. The number of allylic oxidation sites excluding steroid dienone is 1. The van der Waals surface area contributed by atoms with Gasteiger partial charge in [0.15, 0.2) is 0 Å². The standard InChI is InChI=1S/C15H22N2O2/c1-6-19-14(18)11(8-16)13(15(3,4)5)12-7-10(2)9-17-12/h7-9,16-17H,6H2,1-5H3/b13-11-,16-8?. The predicted octanol–water partition coefficient (Wildman–Crippen LogP) is 3.34. The van der Waals surface area contributed by atoms with Crippen molar-refractivity contribution < 1.29 is 9.53 Å². The fourth-order valence-electron chi connectivity index (χ4n) is 2.04. The van der Waals surface area contributed by atoms with Crippen molar-refractivity contribution in [2.45, 2.75) is 34.6 Å². The second-order valence-electron chi connectivity index (χ2n) is 5.49. The number of ether oxygens (including phenoxy) is 1. The van der Waals surface area contributed by atoms with Crippen molar-refractivity contribution in [2.24, 2.45) is 5.41 Å². The number of H-pyrrole nitrogens is 1. The van der Waals surface area contributed by atoms with Crippen LogP contribution in [0.3, 0.4) is 0 Å². The molecule has 19 heavy (non-hydrogen) atoms. The Morgan fingerprint density at radius 2 is 2.11 bits per heavy atom. The second-order valence-corrected chi connectivity index (χ2v) is 5.49. The summed E-state index contributed by atoms with van der Waals surface area (Å²) in [7, 11) is 0. The third-order valence-corrected chi connectivity index (χ3v) is 2.76. The van der Waals surface area contributed by atoms with E-state index in [0.29, 0.717) is 12.2 Å². The van der Waals surface area contributed by atoms with Crippen LogP contribution in [0.15, 0.2) is 17.8 Å². The highest BCUT2D eigenvalue weighted by atomic mass is 16.5. The van der Waals surface area contributed by atoms with Gasteiger partial charge in [0.25, 0.3) is 0 Å². The first kappa shape index (κ1) is 15.2. The molecule has 4 heteroatoms. The Bertz CT molecular complexity index is 504. The van der Waals surface area contributed by atoms with Crippen LogP contribution in [0.1, 0.15) is 39.0 Å². The molecule has 1 heterocycles. The Labute approximate surface area is 114 Å². The van der Waals surface area contributed by atoms with Gasteiger partial charge in [0.2, 0.25) is 0 Å². The third kappa shape index (κ3) is 3.56. The highest BCUT2D eigenvalue weighted by molar-refractivity contribution is 6.15. The lowest BCUT2D eigenvalue weighted by Crippen LogP contribution is -2.18. The lowest BCUT2D eigenvalue weighted by atomic mass is 9.81. The zero-order chi connectivity index (χ0) is 14.6. The van der Waals surface area contributed by atoms with E-state index in [1.165, 1.54) is 0 Å². The van der Waals surface area contributed by atoms with E-state index in [2.05, 4.69) is 4.98 Å². The van der Waals surface area contributed by atoms with Gasteiger partial charge in [0.05, 0.1) is 12.2 Å². The number of aryl methyl sites for hydroxylation is 1. The zero-order valence-electron chi connectivity index (χ0n) is 12.3. The maximum Gasteiger partial charge on any atom is 0.340 e. The van der Waals surface area contributed by atoms with Crippen LogP contribution in [-0.2, 0) is 9.53 Å². The number of hydrogen-bond acceptors (Lipinski definition) is 3. The number of rotatable bonds is 4. The largest absolute Gasteiger partial charge is 0.462 e. The molecule has 0 aliphatic carbocycles. The molecule has 0 aliphatic rings. The molecular weight excluding hydrogens is 240 g/mol. The van der Waals surface area contributed by atoms with Crippen LogP contribution in [0.4, 0.5) is 0 Å². The highest BCUT2D eigenvalue weighted by Crippen LogP contribution is 2.36. The fraction of sp³-hybridized carbons (Fsp3) is 0.467. The van der Waals surface area contributed by atoms with Crippen molar-refractivity contribution in [3.63, 3.8) is 0 Å². The number of esters is 1. The zero-order valence-corrected chi connectivity index (χ0v) is 12.3. The maximum atomic E-state index is 12.0. The van der Waals surface area contributed by atoms with Gasteiger partial charge in [0, 0.05) is 18.1 Å². The molecule has 0 unspecified atom stereocenters. The van der Waals surface area contributed by atoms with Gasteiger partial charge in [0.1, 0.15) is 0 Å². The van der Waals surface area contributed by atoms with Crippen LogP contribution in [0.25, 0.3) is 5.57 Å². The van der Waals surface area contributed by atoms with Crippen molar-refractivity contribution in [2.75, 3.05) is 6.61 Å². The molecule has 4 nitrogen and oxygen atoms in total. The number of carbonyl (C=O) groups excluding carboxylic acids is 1. The molecule has 0 atom stereocenters. The van der Waals surface area contributed by atoms with Crippen LogP contribution in [0.5, 0.6) is 0 Å². The summed E-state index contributed by atoms with van der Waals surface area (Å²) < 4.78 is 5.04. The number of hydrogen-bond donors (Lipinski definition) is 2.